The van der Waals surface area contributed by atoms with E-state index in [0.717, 1.165) is 13.0 Å². The van der Waals surface area contributed by atoms with Crippen molar-refractivity contribution in [1.82, 2.24) is 10.2 Å². The maximum absolute atomic E-state index is 11.9. The van der Waals surface area contributed by atoms with Gasteiger partial charge in [0.1, 0.15) is 0 Å². The molecule has 0 spiro atoms. The number of aliphatic hydroxyl groups excluding tert-OH is 1. The van der Waals surface area contributed by atoms with Crippen molar-refractivity contribution in [3.63, 3.8) is 0 Å². The van der Waals surface area contributed by atoms with Crippen molar-refractivity contribution >= 4 is 5.91 Å². The van der Waals surface area contributed by atoms with Crippen LogP contribution in [0.2, 0.25) is 0 Å². The highest BCUT2D eigenvalue weighted by Crippen LogP contribution is 2.22. The molecular weight excluding hydrogens is 192 g/mol. The zero-order valence-corrected chi connectivity index (χ0v) is 9.28. The summed E-state index contributed by atoms with van der Waals surface area (Å²) in [4.78, 5) is 13.7. The van der Waals surface area contributed by atoms with Crippen LogP contribution in [0.15, 0.2) is 0 Å². The van der Waals surface area contributed by atoms with Crippen LogP contribution in [0.25, 0.3) is 0 Å². The molecule has 86 valence electrons. The number of likely N-dealkylation sites (tertiary alicyclic amines) is 1. The number of nitrogens with one attached hydrogen (secondary N) is 1. The Hall–Kier alpha value is -0.610. The molecular formula is C11H20N2O2. The fraction of sp³-hybridized carbons (Fsp3) is 0.909. The van der Waals surface area contributed by atoms with Crippen LogP contribution in [0.4, 0.5) is 0 Å². The van der Waals surface area contributed by atoms with Crippen LogP contribution in [0.5, 0.6) is 0 Å². The average molecular weight is 212 g/mol. The Morgan fingerprint density at radius 3 is 2.87 bits per heavy atom. The van der Waals surface area contributed by atoms with Crippen molar-refractivity contribution in [2.45, 2.75) is 50.8 Å². The number of hydrogen-bond donors (Lipinski definition) is 2. The molecule has 0 bridgehead atoms. The van der Waals surface area contributed by atoms with Gasteiger partial charge in [-0.3, -0.25) is 4.79 Å². The standard InChI is InChI=1S/C11H20N2O2/c1-8(14)4-6-13-7-5-10(11(13)15)12-9-2-3-9/h8-10,12,14H,2-7H2,1H3. The predicted octanol–water partition coefficient (Wildman–Crippen LogP) is 0.110. The quantitative estimate of drug-likeness (QED) is 0.680. The first kappa shape index (κ1) is 10.9. The summed E-state index contributed by atoms with van der Waals surface area (Å²) < 4.78 is 0. The zero-order valence-electron chi connectivity index (χ0n) is 9.28. The van der Waals surface area contributed by atoms with Crippen molar-refractivity contribution in [2.75, 3.05) is 13.1 Å². The predicted molar refractivity (Wildman–Crippen MR) is 57.4 cm³/mol. The van der Waals surface area contributed by atoms with Gasteiger partial charge in [-0.1, -0.05) is 0 Å². The van der Waals surface area contributed by atoms with E-state index in [4.69, 9.17) is 5.11 Å². The van der Waals surface area contributed by atoms with Gasteiger partial charge in [-0.2, -0.15) is 0 Å². The van der Waals surface area contributed by atoms with E-state index in [-0.39, 0.29) is 18.1 Å². The van der Waals surface area contributed by atoms with Crippen molar-refractivity contribution in [3.05, 3.63) is 0 Å². The molecule has 1 aliphatic heterocycles. The Bertz CT molecular complexity index is 239. The first-order valence-corrected chi connectivity index (χ1v) is 5.89. The van der Waals surface area contributed by atoms with E-state index in [1.54, 1.807) is 6.92 Å². The summed E-state index contributed by atoms with van der Waals surface area (Å²) in [5.74, 6) is 0.225. The minimum Gasteiger partial charge on any atom is -0.393 e. The molecule has 2 unspecified atom stereocenters. The third-order valence-corrected chi connectivity index (χ3v) is 3.13. The third-order valence-electron chi connectivity index (χ3n) is 3.13. The van der Waals surface area contributed by atoms with Crippen LogP contribution in [0.1, 0.15) is 32.6 Å². The van der Waals surface area contributed by atoms with Crippen LogP contribution in [0, 0.1) is 0 Å². The van der Waals surface area contributed by atoms with Crippen LogP contribution < -0.4 is 5.32 Å². The Labute approximate surface area is 90.6 Å². The Morgan fingerprint density at radius 2 is 2.27 bits per heavy atom. The molecule has 2 fully saturated rings. The largest absolute Gasteiger partial charge is 0.393 e. The monoisotopic (exact) mass is 212 g/mol. The molecule has 2 rings (SSSR count). The minimum absolute atomic E-state index is 0.0477. The Morgan fingerprint density at radius 1 is 1.53 bits per heavy atom. The fourth-order valence-electron chi connectivity index (χ4n) is 1.99. The number of amides is 1. The van der Waals surface area contributed by atoms with Crippen molar-refractivity contribution in [2.24, 2.45) is 0 Å². The zero-order chi connectivity index (χ0) is 10.8. The summed E-state index contributed by atoms with van der Waals surface area (Å²) >= 11 is 0. The van der Waals surface area contributed by atoms with E-state index >= 15 is 0 Å². The second-order valence-electron chi connectivity index (χ2n) is 4.75. The molecule has 2 N–H and O–H groups in total. The molecule has 1 amide bonds. The summed E-state index contributed by atoms with van der Waals surface area (Å²) in [5.41, 5.74) is 0. The molecule has 1 heterocycles. The highest BCUT2D eigenvalue weighted by Gasteiger charge is 2.35. The number of hydrogen-bond acceptors (Lipinski definition) is 3. The molecule has 2 atom stereocenters. The van der Waals surface area contributed by atoms with Gasteiger partial charge >= 0.3 is 0 Å². The van der Waals surface area contributed by atoms with Gasteiger partial charge < -0.3 is 15.3 Å². The van der Waals surface area contributed by atoms with E-state index in [9.17, 15) is 4.79 Å². The number of nitrogens with zero attached hydrogens (tertiary/aromatic N) is 1. The molecule has 1 saturated carbocycles. The summed E-state index contributed by atoms with van der Waals surface area (Å²) in [6.07, 6.45) is 3.74. The molecule has 15 heavy (non-hydrogen) atoms. The van der Waals surface area contributed by atoms with E-state index in [0.29, 0.717) is 19.0 Å². The first-order valence-electron chi connectivity index (χ1n) is 5.89. The van der Waals surface area contributed by atoms with Gasteiger partial charge in [0, 0.05) is 19.1 Å². The summed E-state index contributed by atoms with van der Waals surface area (Å²) in [5, 5.41) is 12.5. The Kier molecular flexibility index (Phi) is 3.26. The van der Waals surface area contributed by atoms with Crippen molar-refractivity contribution < 1.29 is 9.90 Å². The molecule has 0 radical (unpaired) electrons. The molecule has 0 aromatic rings. The summed E-state index contributed by atoms with van der Waals surface area (Å²) in [7, 11) is 0. The lowest BCUT2D eigenvalue weighted by atomic mass is 10.2. The van der Waals surface area contributed by atoms with Gasteiger partial charge in [0.2, 0.25) is 5.91 Å². The molecule has 1 saturated heterocycles. The highest BCUT2D eigenvalue weighted by atomic mass is 16.3. The van der Waals surface area contributed by atoms with Gasteiger partial charge in [0.25, 0.3) is 0 Å². The Balaban J connectivity index is 1.75. The van der Waals surface area contributed by atoms with Crippen molar-refractivity contribution in [1.29, 1.82) is 0 Å². The van der Waals surface area contributed by atoms with E-state index in [2.05, 4.69) is 5.32 Å². The first-order chi connectivity index (χ1) is 7.16. The number of rotatable bonds is 5. The van der Waals surface area contributed by atoms with Gasteiger partial charge in [0.15, 0.2) is 0 Å². The summed E-state index contributed by atoms with van der Waals surface area (Å²) in [6, 6.07) is 0.641. The lowest BCUT2D eigenvalue weighted by Gasteiger charge is -2.17. The SMILES string of the molecule is CC(O)CCN1CCC(NC2CC2)C1=O. The van der Waals surface area contributed by atoms with Crippen LogP contribution in [-0.4, -0.2) is 47.2 Å². The number of carbonyl (C=O) groups is 1. The van der Waals surface area contributed by atoms with Crippen LogP contribution in [0.3, 0.4) is 0 Å². The smallest absolute Gasteiger partial charge is 0.239 e. The van der Waals surface area contributed by atoms with Gasteiger partial charge in [-0.05, 0) is 32.6 Å². The van der Waals surface area contributed by atoms with Gasteiger partial charge in [-0.15, -0.1) is 0 Å². The number of aliphatic hydroxyl groups is 1. The molecule has 4 nitrogen and oxygen atoms in total. The molecule has 0 aromatic heterocycles. The van der Waals surface area contributed by atoms with Crippen LogP contribution >= 0.6 is 0 Å². The second kappa shape index (κ2) is 4.49. The highest BCUT2D eigenvalue weighted by molar-refractivity contribution is 5.84. The fourth-order valence-corrected chi connectivity index (χ4v) is 1.99. The average Bonchev–Trinajstić information content (AvgIpc) is 2.92. The van der Waals surface area contributed by atoms with Gasteiger partial charge in [0.05, 0.1) is 12.1 Å². The third kappa shape index (κ3) is 2.92. The lowest BCUT2D eigenvalue weighted by Crippen LogP contribution is -2.39. The second-order valence-corrected chi connectivity index (χ2v) is 4.75. The van der Waals surface area contributed by atoms with E-state index < -0.39 is 0 Å². The summed E-state index contributed by atoms with van der Waals surface area (Å²) in [6.45, 7) is 3.30. The molecule has 2 aliphatic rings. The maximum Gasteiger partial charge on any atom is 0.239 e. The van der Waals surface area contributed by atoms with E-state index in [1.165, 1.54) is 12.8 Å². The van der Waals surface area contributed by atoms with Gasteiger partial charge in [-0.25, -0.2) is 0 Å². The van der Waals surface area contributed by atoms with Crippen molar-refractivity contribution in [3.8, 4) is 0 Å². The molecule has 4 heteroatoms. The lowest BCUT2D eigenvalue weighted by molar-refractivity contribution is -0.129. The number of carbonyl (C=O) groups excluding carboxylic acids is 1. The normalized spacial score (nSPS) is 28.5. The molecule has 0 aromatic carbocycles. The molecule has 1 aliphatic carbocycles. The minimum atomic E-state index is -0.312. The topological polar surface area (TPSA) is 52.6 Å². The van der Waals surface area contributed by atoms with E-state index in [1.807, 2.05) is 4.90 Å². The van der Waals surface area contributed by atoms with Crippen LogP contribution in [-0.2, 0) is 4.79 Å². The maximum atomic E-state index is 11.9.